The van der Waals surface area contributed by atoms with Crippen molar-refractivity contribution in [3.8, 4) is 5.75 Å². The number of likely N-dealkylation sites (tertiary alicyclic amines) is 1. The van der Waals surface area contributed by atoms with E-state index in [1.54, 1.807) is 0 Å². The molecule has 0 amide bonds. The van der Waals surface area contributed by atoms with E-state index in [4.69, 9.17) is 4.74 Å². The van der Waals surface area contributed by atoms with Crippen molar-refractivity contribution in [2.75, 3.05) is 19.6 Å². The van der Waals surface area contributed by atoms with Crippen molar-refractivity contribution in [2.45, 2.75) is 51.6 Å². The van der Waals surface area contributed by atoms with Crippen molar-refractivity contribution < 1.29 is 4.74 Å². The van der Waals surface area contributed by atoms with Crippen LogP contribution in [0.2, 0.25) is 0 Å². The number of benzene rings is 2. The molecule has 0 aliphatic carbocycles. The molecule has 0 bridgehead atoms. The molecule has 2 aliphatic heterocycles. The van der Waals surface area contributed by atoms with Crippen LogP contribution in [-0.4, -0.2) is 24.5 Å². The maximum Gasteiger partial charge on any atom is 0.123 e. The molecule has 2 unspecified atom stereocenters. The zero-order valence-corrected chi connectivity index (χ0v) is 16.0. The standard InChI is InChI=1S/C24H31NO/c1-2-3-15-25-16-8-10-19(14-17-25)24-21-11-5-4-9-20(21)18-26-23-13-7-6-12-22(23)24/h4-7,9,11-13,19,24H,2-3,8,10,14-18H2,1H3. The van der Waals surface area contributed by atoms with E-state index in [0.29, 0.717) is 18.4 Å². The maximum absolute atomic E-state index is 6.19. The molecule has 26 heavy (non-hydrogen) atoms. The molecule has 2 aromatic carbocycles. The zero-order chi connectivity index (χ0) is 17.8. The number of para-hydroxylation sites is 1. The lowest BCUT2D eigenvalue weighted by Gasteiger charge is -2.28. The zero-order valence-electron chi connectivity index (χ0n) is 16.0. The summed E-state index contributed by atoms with van der Waals surface area (Å²) in [6, 6.07) is 17.7. The molecule has 0 N–H and O–H groups in total. The van der Waals surface area contributed by atoms with Gasteiger partial charge in [-0.3, -0.25) is 0 Å². The minimum Gasteiger partial charge on any atom is -0.489 e. The van der Waals surface area contributed by atoms with Gasteiger partial charge in [-0.1, -0.05) is 55.8 Å². The fraction of sp³-hybridized carbons (Fsp3) is 0.500. The molecule has 0 saturated carbocycles. The molecule has 2 aliphatic rings. The van der Waals surface area contributed by atoms with Gasteiger partial charge in [-0.15, -0.1) is 0 Å². The molecular formula is C24H31NO. The highest BCUT2D eigenvalue weighted by Crippen LogP contribution is 2.44. The van der Waals surface area contributed by atoms with Crippen molar-refractivity contribution in [1.29, 1.82) is 0 Å². The highest BCUT2D eigenvalue weighted by molar-refractivity contribution is 5.47. The molecule has 1 saturated heterocycles. The highest BCUT2D eigenvalue weighted by atomic mass is 16.5. The second-order valence-corrected chi connectivity index (χ2v) is 7.89. The van der Waals surface area contributed by atoms with Crippen LogP contribution in [0.4, 0.5) is 0 Å². The summed E-state index contributed by atoms with van der Waals surface area (Å²) >= 11 is 0. The van der Waals surface area contributed by atoms with Crippen molar-refractivity contribution in [3.05, 3.63) is 65.2 Å². The molecule has 138 valence electrons. The lowest BCUT2D eigenvalue weighted by Crippen LogP contribution is -2.26. The van der Waals surface area contributed by atoms with Crippen molar-refractivity contribution in [2.24, 2.45) is 5.92 Å². The van der Waals surface area contributed by atoms with E-state index < -0.39 is 0 Å². The van der Waals surface area contributed by atoms with Gasteiger partial charge >= 0.3 is 0 Å². The summed E-state index contributed by atoms with van der Waals surface area (Å²) in [5.74, 6) is 2.25. The van der Waals surface area contributed by atoms with E-state index in [9.17, 15) is 0 Å². The van der Waals surface area contributed by atoms with Crippen LogP contribution < -0.4 is 4.74 Å². The van der Waals surface area contributed by atoms with Gasteiger partial charge in [-0.05, 0) is 68.4 Å². The van der Waals surface area contributed by atoms with Crippen molar-refractivity contribution in [3.63, 3.8) is 0 Å². The van der Waals surface area contributed by atoms with Gasteiger partial charge in [-0.2, -0.15) is 0 Å². The van der Waals surface area contributed by atoms with E-state index in [0.717, 1.165) is 5.75 Å². The average Bonchev–Trinajstić information content (AvgIpc) is 3.01. The Kier molecular flexibility index (Phi) is 5.59. The van der Waals surface area contributed by atoms with Gasteiger partial charge in [0.2, 0.25) is 0 Å². The summed E-state index contributed by atoms with van der Waals surface area (Å²) < 4.78 is 6.19. The molecule has 4 rings (SSSR count). The van der Waals surface area contributed by atoms with Crippen LogP contribution in [0.1, 0.15) is 61.6 Å². The number of hydrogen-bond acceptors (Lipinski definition) is 2. The Labute approximate surface area is 158 Å². The normalized spacial score (nSPS) is 23.3. The van der Waals surface area contributed by atoms with Crippen molar-refractivity contribution >= 4 is 0 Å². The lowest BCUT2D eigenvalue weighted by molar-refractivity contribution is 0.274. The Bertz CT molecular complexity index is 678. The topological polar surface area (TPSA) is 12.5 Å². The average molecular weight is 350 g/mol. The van der Waals surface area contributed by atoms with E-state index in [1.807, 2.05) is 0 Å². The van der Waals surface area contributed by atoms with Gasteiger partial charge in [0.15, 0.2) is 0 Å². The van der Waals surface area contributed by atoms with E-state index >= 15 is 0 Å². The molecule has 0 aromatic heterocycles. The van der Waals surface area contributed by atoms with E-state index in [2.05, 4.69) is 60.4 Å². The van der Waals surface area contributed by atoms with Gasteiger partial charge < -0.3 is 9.64 Å². The SMILES string of the molecule is CCCCN1CCCC(C2c3ccccc3COc3ccccc32)CC1. The predicted octanol–water partition coefficient (Wildman–Crippen LogP) is 5.61. The fourth-order valence-electron chi connectivity index (χ4n) is 4.79. The Balaban J connectivity index is 1.64. The molecule has 2 aromatic rings. The largest absolute Gasteiger partial charge is 0.489 e. The lowest BCUT2D eigenvalue weighted by atomic mass is 9.76. The Morgan fingerprint density at radius 3 is 2.65 bits per heavy atom. The van der Waals surface area contributed by atoms with Gasteiger partial charge in [0.1, 0.15) is 12.4 Å². The summed E-state index contributed by atoms with van der Waals surface area (Å²) in [5.41, 5.74) is 4.25. The fourth-order valence-corrected chi connectivity index (χ4v) is 4.79. The first-order valence-electron chi connectivity index (χ1n) is 10.4. The first-order valence-corrected chi connectivity index (χ1v) is 10.4. The van der Waals surface area contributed by atoms with Crippen LogP contribution in [0.5, 0.6) is 5.75 Å². The van der Waals surface area contributed by atoms with E-state index in [1.165, 1.54) is 68.4 Å². The van der Waals surface area contributed by atoms with Crippen LogP contribution in [0.25, 0.3) is 0 Å². The monoisotopic (exact) mass is 349 g/mol. The third kappa shape index (κ3) is 3.66. The quantitative estimate of drug-likeness (QED) is 0.711. The molecule has 1 fully saturated rings. The number of hydrogen-bond donors (Lipinski definition) is 0. The number of rotatable bonds is 4. The smallest absolute Gasteiger partial charge is 0.123 e. The molecular weight excluding hydrogens is 318 g/mol. The second kappa shape index (κ2) is 8.26. The van der Waals surface area contributed by atoms with Crippen LogP contribution in [0.3, 0.4) is 0 Å². The summed E-state index contributed by atoms with van der Waals surface area (Å²) in [6.07, 6.45) is 6.54. The third-order valence-electron chi connectivity index (χ3n) is 6.19. The molecule has 2 heterocycles. The Morgan fingerprint density at radius 1 is 0.962 bits per heavy atom. The summed E-state index contributed by atoms with van der Waals surface area (Å²) in [7, 11) is 0. The molecule has 0 radical (unpaired) electrons. The second-order valence-electron chi connectivity index (χ2n) is 7.89. The van der Waals surface area contributed by atoms with Crippen LogP contribution in [0, 0.1) is 5.92 Å². The number of nitrogens with zero attached hydrogens (tertiary/aromatic N) is 1. The van der Waals surface area contributed by atoms with Gasteiger partial charge in [0, 0.05) is 11.5 Å². The highest BCUT2D eigenvalue weighted by Gasteiger charge is 2.32. The molecule has 2 nitrogen and oxygen atoms in total. The Morgan fingerprint density at radius 2 is 1.77 bits per heavy atom. The minimum absolute atomic E-state index is 0.469. The van der Waals surface area contributed by atoms with Crippen LogP contribution in [0.15, 0.2) is 48.5 Å². The third-order valence-corrected chi connectivity index (χ3v) is 6.19. The summed E-state index contributed by atoms with van der Waals surface area (Å²) in [5, 5.41) is 0. The summed E-state index contributed by atoms with van der Waals surface area (Å²) in [4.78, 5) is 2.69. The molecule has 0 spiro atoms. The van der Waals surface area contributed by atoms with E-state index in [-0.39, 0.29) is 0 Å². The first kappa shape index (κ1) is 17.6. The maximum atomic E-state index is 6.19. The molecule has 2 atom stereocenters. The van der Waals surface area contributed by atoms with Crippen LogP contribution >= 0.6 is 0 Å². The predicted molar refractivity (Wildman–Crippen MR) is 108 cm³/mol. The number of ether oxygens (including phenoxy) is 1. The minimum atomic E-state index is 0.469. The number of unbranched alkanes of at least 4 members (excludes halogenated alkanes) is 1. The van der Waals surface area contributed by atoms with Gasteiger partial charge in [-0.25, -0.2) is 0 Å². The van der Waals surface area contributed by atoms with Gasteiger partial charge in [0.05, 0.1) is 0 Å². The molecule has 2 heteroatoms. The van der Waals surface area contributed by atoms with Gasteiger partial charge in [0.25, 0.3) is 0 Å². The first-order chi connectivity index (χ1) is 12.9. The number of fused-ring (bicyclic) bond motifs is 2. The van der Waals surface area contributed by atoms with Crippen LogP contribution in [-0.2, 0) is 6.61 Å². The van der Waals surface area contributed by atoms with Crippen molar-refractivity contribution in [1.82, 2.24) is 4.90 Å². The Hall–Kier alpha value is -1.80. The summed E-state index contributed by atoms with van der Waals surface area (Å²) in [6.45, 7) is 6.76.